The van der Waals surface area contributed by atoms with Crippen molar-refractivity contribution in [2.24, 2.45) is 0 Å². The zero-order valence-electron chi connectivity index (χ0n) is 16.4. The molecule has 1 aromatic heterocycles. The van der Waals surface area contributed by atoms with Crippen molar-refractivity contribution in [3.05, 3.63) is 89.0 Å². The first kappa shape index (κ1) is 19.8. The van der Waals surface area contributed by atoms with Crippen LogP contribution in [-0.4, -0.2) is 12.1 Å². The molecule has 3 rings (SSSR count). The fourth-order valence-electron chi connectivity index (χ4n) is 2.85. The number of hydrogen-bond donors (Lipinski definition) is 1. The first-order chi connectivity index (χ1) is 13.6. The average Bonchev–Trinajstić information content (AvgIpc) is 2.73. The van der Waals surface area contributed by atoms with E-state index in [2.05, 4.69) is 17.2 Å². The van der Waals surface area contributed by atoms with Crippen LogP contribution in [0.2, 0.25) is 0 Å². The second kappa shape index (κ2) is 9.33. The molecule has 0 aliphatic carbocycles. The number of aromatic nitrogens is 1. The fourth-order valence-corrected chi connectivity index (χ4v) is 2.85. The van der Waals surface area contributed by atoms with Gasteiger partial charge in [-0.05, 0) is 66.4 Å². The Kier molecular flexibility index (Phi) is 6.61. The van der Waals surface area contributed by atoms with Gasteiger partial charge in [-0.25, -0.2) is 4.39 Å². The van der Waals surface area contributed by atoms with E-state index in [1.807, 2.05) is 36.4 Å². The summed E-state index contributed by atoms with van der Waals surface area (Å²) in [5, 5.41) is 3.42. The summed E-state index contributed by atoms with van der Waals surface area (Å²) in [6.07, 6.45) is 3.48. The van der Waals surface area contributed by atoms with Gasteiger partial charge in [-0.2, -0.15) is 0 Å². The van der Waals surface area contributed by atoms with E-state index in [1.165, 1.54) is 0 Å². The van der Waals surface area contributed by atoms with Crippen molar-refractivity contribution in [1.82, 2.24) is 10.3 Å². The topological polar surface area (TPSA) is 43.4 Å². The quantitative estimate of drug-likeness (QED) is 0.599. The lowest BCUT2D eigenvalue weighted by Gasteiger charge is -2.17. The number of hydrogen-bond acceptors (Lipinski definition) is 4. The molecule has 0 aliphatic heterocycles. The highest BCUT2D eigenvalue weighted by molar-refractivity contribution is 5.44. The Morgan fingerprint density at radius 2 is 1.79 bits per heavy atom. The first-order valence-corrected chi connectivity index (χ1v) is 9.25. The summed E-state index contributed by atoms with van der Waals surface area (Å²) in [7, 11) is 1.63. The highest BCUT2D eigenvalue weighted by atomic mass is 19.1. The number of ether oxygens (including phenoxy) is 2. The van der Waals surface area contributed by atoms with E-state index in [0.29, 0.717) is 30.2 Å². The minimum atomic E-state index is -0.177. The molecule has 1 heterocycles. The van der Waals surface area contributed by atoms with E-state index >= 15 is 0 Å². The predicted octanol–water partition coefficient (Wildman–Crippen LogP) is 4.97. The molecule has 0 saturated carbocycles. The van der Waals surface area contributed by atoms with Crippen molar-refractivity contribution in [3.8, 4) is 11.5 Å². The van der Waals surface area contributed by atoms with Crippen LogP contribution in [0.1, 0.15) is 35.2 Å². The molecule has 1 atom stereocenters. The Morgan fingerprint density at radius 3 is 2.50 bits per heavy atom. The van der Waals surface area contributed by atoms with Gasteiger partial charge in [0.1, 0.15) is 12.4 Å². The predicted molar refractivity (Wildman–Crippen MR) is 108 cm³/mol. The third-order valence-corrected chi connectivity index (χ3v) is 4.68. The Bertz CT molecular complexity index is 916. The maximum absolute atomic E-state index is 13.7. The van der Waals surface area contributed by atoms with Crippen LogP contribution in [0, 0.1) is 12.7 Å². The molecule has 1 unspecified atom stereocenters. The lowest BCUT2D eigenvalue weighted by atomic mass is 10.1. The third-order valence-electron chi connectivity index (χ3n) is 4.68. The molecule has 28 heavy (non-hydrogen) atoms. The molecule has 0 radical (unpaired) electrons. The van der Waals surface area contributed by atoms with Crippen LogP contribution in [0.5, 0.6) is 11.5 Å². The molecule has 5 heteroatoms. The Labute approximate surface area is 165 Å². The van der Waals surface area contributed by atoms with Gasteiger partial charge in [0, 0.05) is 25.0 Å². The van der Waals surface area contributed by atoms with Crippen molar-refractivity contribution in [2.75, 3.05) is 7.11 Å². The number of nitrogens with one attached hydrogen (secondary N) is 1. The summed E-state index contributed by atoms with van der Waals surface area (Å²) in [6, 6.07) is 15.1. The Morgan fingerprint density at radius 1 is 1.00 bits per heavy atom. The summed E-state index contributed by atoms with van der Waals surface area (Å²) in [4.78, 5) is 4.01. The molecular formula is C23H25FN2O2. The van der Waals surface area contributed by atoms with Crippen molar-refractivity contribution in [3.63, 3.8) is 0 Å². The largest absolute Gasteiger partial charge is 0.493 e. The van der Waals surface area contributed by atoms with Gasteiger partial charge >= 0.3 is 0 Å². The third kappa shape index (κ3) is 5.08. The molecule has 1 N–H and O–H groups in total. The molecule has 4 nitrogen and oxygen atoms in total. The van der Waals surface area contributed by atoms with Crippen LogP contribution in [0.4, 0.5) is 4.39 Å². The Balaban J connectivity index is 1.63. The van der Waals surface area contributed by atoms with Gasteiger partial charge in [-0.3, -0.25) is 4.98 Å². The van der Waals surface area contributed by atoms with Gasteiger partial charge in [0.25, 0.3) is 0 Å². The van der Waals surface area contributed by atoms with Crippen molar-refractivity contribution < 1.29 is 13.9 Å². The standard InChI is InChI=1S/C23H25FN2O2/c1-16-4-5-19(12-21(16)24)14-26-17(2)20-6-7-22(23(13-20)27-3)28-15-18-8-10-25-11-9-18/h4-13,17,26H,14-15H2,1-3H3. The smallest absolute Gasteiger partial charge is 0.161 e. The van der Waals surface area contributed by atoms with E-state index in [1.54, 1.807) is 38.6 Å². The van der Waals surface area contributed by atoms with E-state index in [-0.39, 0.29) is 11.9 Å². The minimum absolute atomic E-state index is 0.0764. The monoisotopic (exact) mass is 380 g/mol. The van der Waals surface area contributed by atoms with Crippen LogP contribution in [0.15, 0.2) is 60.9 Å². The van der Waals surface area contributed by atoms with Gasteiger partial charge in [0.15, 0.2) is 11.5 Å². The van der Waals surface area contributed by atoms with E-state index in [4.69, 9.17) is 9.47 Å². The maximum atomic E-state index is 13.7. The SMILES string of the molecule is COc1cc(C(C)NCc2ccc(C)c(F)c2)ccc1OCc1ccncc1. The number of halogens is 1. The molecular weight excluding hydrogens is 355 g/mol. The second-order valence-electron chi connectivity index (χ2n) is 6.74. The van der Waals surface area contributed by atoms with E-state index in [9.17, 15) is 4.39 Å². The van der Waals surface area contributed by atoms with Gasteiger partial charge in [-0.1, -0.05) is 18.2 Å². The van der Waals surface area contributed by atoms with Gasteiger partial charge in [0.05, 0.1) is 7.11 Å². The molecule has 0 saturated heterocycles. The summed E-state index contributed by atoms with van der Waals surface area (Å²) in [5.41, 5.74) is 3.69. The zero-order chi connectivity index (χ0) is 19.9. The van der Waals surface area contributed by atoms with E-state index < -0.39 is 0 Å². The van der Waals surface area contributed by atoms with Gasteiger partial charge in [0.2, 0.25) is 0 Å². The number of rotatable bonds is 8. The first-order valence-electron chi connectivity index (χ1n) is 9.25. The normalized spacial score (nSPS) is 11.9. The number of nitrogens with zero attached hydrogens (tertiary/aromatic N) is 1. The lowest BCUT2D eigenvalue weighted by Crippen LogP contribution is -2.18. The maximum Gasteiger partial charge on any atom is 0.161 e. The van der Waals surface area contributed by atoms with E-state index in [0.717, 1.165) is 16.7 Å². The number of methoxy groups -OCH3 is 1. The second-order valence-corrected chi connectivity index (χ2v) is 6.74. The fraction of sp³-hybridized carbons (Fsp3) is 0.261. The number of aryl methyl sites for hydroxylation is 1. The van der Waals surface area contributed by atoms with Crippen molar-refractivity contribution in [1.29, 1.82) is 0 Å². The molecule has 0 aliphatic rings. The molecule has 0 spiro atoms. The lowest BCUT2D eigenvalue weighted by molar-refractivity contribution is 0.284. The minimum Gasteiger partial charge on any atom is -0.493 e. The van der Waals surface area contributed by atoms with Gasteiger partial charge in [-0.15, -0.1) is 0 Å². The molecule has 0 bridgehead atoms. The highest BCUT2D eigenvalue weighted by Gasteiger charge is 2.11. The highest BCUT2D eigenvalue weighted by Crippen LogP contribution is 2.31. The Hall–Kier alpha value is -2.92. The van der Waals surface area contributed by atoms with Crippen LogP contribution < -0.4 is 14.8 Å². The molecule has 146 valence electrons. The molecule has 0 fully saturated rings. The zero-order valence-corrected chi connectivity index (χ0v) is 16.4. The summed E-state index contributed by atoms with van der Waals surface area (Å²) < 4.78 is 25.1. The van der Waals surface area contributed by atoms with Crippen molar-refractivity contribution >= 4 is 0 Å². The van der Waals surface area contributed by atoms with Crippen LogP contribution in [-0.2, 0) is 13.2 Å². The van der Waals surface area contributed by atoms with Gasteiger partial charge < -0.3 is 14.8 Å². The summed E-state index contributed by atoms with van der Waals surface area (Å²) in [5.74, 6) is 1.20. The average molecular weight is 380 g/mol. The summed E-state index contributed by atoms with van der Waals surface area (Å²) in [6.45, 7) is 4.86. The molecule has 3 aromatic rings. The number of pyridine rings is 1. The molecule has 0 amide bonds. The summed E-state index contributed by atoms with van der Waals surface area (Å²) >= 11 is 0. The van der Waals surface area contributed by atoms with Crippen LogP contribution in [0.25, 0.3) is 0 Å². The molecule has 2 aromatic carbocycles. The van der Waals surface area contributed by atoms with Crippen LogP contribution in [0.3, 0.4) is 0 Å². The van der Waals surface area contributed by atoms with Crippen LogP contribution >= 0.6 is 0 Å². The van der Waals surface area contributed by atoms with Crippen molar-refractivity contribution in [2.45, 2.75) is 33.0 Å². The number of benzene rings is 2.